The second-order valence-electron chi connectivity index (χ2n) is 9.55. The van der Waals surface area contributed by atoms with Crippen LogP contribution in [0, 0.1) is 11.2 Å². The van der Waals surface area contributed by atoms with E-state index >= 15 is 0 Å². The third-order valence-corrected chi connectivity index (χ3v) is 7.68. The first-order chi connectivity index (χ1) is 16.4. The number of carbonyl (C=O) groups is 2. The van der Waals surface area contributed by atoms with Crippen molar-refractivity contribution in [3.8, 4) is 5.75 Å². The van der Waals surface area contributed by atoms with Gasteiger partial charge in [-0.1, -0.05) is 34.1 Å². The number of piperidine rings is 2. The van der Waals surface area contributed by atoms with Crippen LogP contribution < -0.4 is 4.74 Å². The maximum Gasteiger partial charge on any atom is 0.227 e. The lowest BCUT2D eigenvalue weighted by molar-refractivity contribution is -0.141. The normalized spacial score (nSPS) is 20.8. The number of halogens is 2. The number of rotatable bonds is 7. The molecule has 0 spiro atoms. The van der Waals surface area contributed by atoms with Gasteiger partial charge in [0.05, 0.1) is 13.0 Å². The fourth-order valence-corrected chi connectivity index (χ4v) is 5.42. The zero-order valence-electron chi connectivity index (χ0n) is 19.5. The molecule has 0 unspecified atom stereocenters. The highest BCUT2D eigenvalue weighted by atomic mass is 79.9. The third-order valence-electron chi connectivity index (χ3n) is 6.91. The molecule has 2 fully saturated rings. The van der Waals surface area contributed by atoms with Crippen LogP contribution >= 0.6 is 15.9 Å². The molecule has 2 heterocycles. The Balaban J connectivity index is 1.49. The summed E-state index contributed by atoms with van der Waals surface area (Å²) >= 11 is 3.54. The Kier molecular flexibility index (Phi) is 8.24. The van der Waals surface area contributed by atoms with E-state index in [9.17, 15) is 14.0 Å². The summed E-state index contributed by atoms with van der Waals surface area (Å²) in [7, 11) is 0. The number of ether oxygens (including phenoxy) is 1. The van der Waals surface area contributed by atoms with Crippen molar-refractivity contribution in [1.82, 2.24) is 9.80 Å². The molecular weight excluding hydrogens is 499 g/mol. The molecular formula is C27H32BrFN2O3. The van der Waals surface area contributed by atoms with Crippen LogP contribution in [0.1, 0.15) is 44.1 Å². The van der Waals surface area contributed by atoms with Crippen LogP contribution in [0.15, 0.2) is 53.0 Å². The van der Waals surface area contributed by atoms with Crippen LogP contribution in [0.25, 0.3) is 0 Å². The number of amides is 2. The van der Waals surface area contributed by atoms with E-state index in [1.165, 1.54) is 18.6 Å². The molecule has 1 atom stereocenters. The van der Waals surface area contributed by atoms with Gasteiger partial charge < -0.3 is 14.5 Å². The molecule has 0 aromatic heterocycles. The summed E-state index contributed by atoms with van der Waals surface area (Å²) in [6.45, 7) is 3.09. The van der Waals surface area contributed by atoms with E-state index in [0.717, 1.165) is 48.8 Å². The summed E-state index contributed by atoms with van der Waals surface area (Å²) in [5.41, 5.74) is 0.487. The van der Waals surface area contributed by atoms with Crippen LogP contribution in [-0.2, 0) is 16.0 Å². The summed E-state index contributed by atoms with van der Waals surface area (Å²) < 4.78 is 20.3. The molecule has 0 N–H and O–H groups in total. The van der Waals surface area contributed by atoms with E-state index in [1.807, 2.05) is 34.1 Å². The number of carbonyl (C=O) groups excluding carboxylic acids is 2. The minimum absolute atomic E-state index is 0.0585. The van der Waals surface area contributed by atoms with Crippen LogP contribution in [0.2, 0.25) is 0 Å². The first kappa shape index (κ1) is 24.7. The second-order valence-corrected chi connectivity index (χ2v) is 10.4. The molecule has 0 aliphatic carbocycles. The van der Waals surface area contributed by atoms with E-state index in [-0.39, 0.29) is 17.6 Å². The first-order valence-electron chi connectivity index (χ1n) is 12.1. The molecule has 0 bridgehead atoms. The molecule has 2 aliphatic heterocycles. The Morgan fingerprint density at radius 1 is 0.912 bits per heavy atom. The van der Waals surface area contributed by atoms with Crippen molar-refractivity contribution in [2.75, 3.05) is 32.8 Å². The van der Waals surface area contributed by atoms with Crippen LogP contribution in [0.3, 0.4) is 0 Å². The Hall–Kier alpha value is -2.41. The van der Waals surface area contributed by atoms with Gasteiger partial charge in [0.15, 0.2) is 0 Å². The summed E-state index contributed by atoms with van der Waals surface area (Å²) in [6.07, 6.45) is 5.56. The molecule has 0 saturated carbocycles. The van der Waals surface area contributed by atoms with Crippen molar-refractivity contribution in [2.45, 2.75) is 44.9 Å². The highest BCUT2D eigenvalue weighted by Crippen LogP contribution is 2.36. The van der Waals surface area contributed by atoms with Crippen molar-refractivity contribution in [1.29, 1.82) is 0 Å². The number of benzene rings is 2. The average Bonchev–Trinajstić information content (AvgIpc) is 2.86. The number of nitrogens with zero attached hydrogens (tertiary/aromatic N) is 2. The van der Waals surface area contributed by atoms with Gasteiger partial charge in [-0.3, -0.25) is 9.59 Å². The molecule has 2 aliphatic rings. The van der Waals surface area contributed by atoms with Crippen molar-refractivity contribution < 1.29 is 18.7 Å². The number of hydrogen-bond acceptors (Lipinski definition) is 3. The highest BCUT2D eigenvalue weighted by Gasteiger charge is 2.41. The quantitative estimate of drug-likeness (QED) is 0.493. The molecule has 182 valence electrons. The zero-order chi connectivity index (χ0) is 24.0. The van der Waals surface area contributed by atoms with Gasteiger partial charge in [-0.15, -0.1) is 0 Å². The molecule has 2 amide bonds. The lowest BCUT2D eigenvalue weighted by atomic mass is 9.77. The Morgan fingerprint density at radius 2 is 1.62 bits per heavy atom. The van der Waals surface area contributed by atoms with Gasteiger partial charge in [0.1, 0.15) is 11.6 Å². The Morgan fingerprint density at radius 3 is 2.35 bits per heavy atom. The van der Waals surface area contributed by atoms with Crippen LogP contribution in [0.4, 0.5) is 4.39 Å². The number of hydrogen-bond donors (Lipinski definition) is 0. The monoisotopic (exact) mass is 530 g/mol. The zero-order valence-corrected chi connectivity index (χ0v) is 21.1. The Labute approximate surface area is 209 Å². The van der Waals surface area contributed by atoms with Crippen LogP contribution in [-0.4, -0.2) is 54.4 Å². The molecule has 5 nitrogen and oxygen atoms in total. The van der Waals surface area contributed by atoms with E-state index in [4.69, 9.17) is 4.74 Å². The van der Waals surface area contributed by atoms with Crippen LogP contribution in [0.5, 0.6) is 5.75 Å². The van der Waals surface area contributed by atoms with Gasteiger partial charge in [-0.2, -0.15) is 0 Å². The van der Waals surface area contributed by atoms with E-state index < -0.39 is 5.41 Å². The van der Waals surface area contributed by atoms with Gasteiger partial charge in [-0.25, -0.2) is 4.39 Å². The van der Waals surface area contributed by atoms with Gasteiger partial charge in [0.2, 0.25) is 11.8 Å². The largest absolute Gasteiger partial charge is 0.493 e. The van der Waals surface area contributed by atoms with Crippen molar-refractivity contribution in [3.63, 3.8) is 0 Å². The Bertz CT molecular complexity index is 994. The molecule has 34 heavy (non-hydrogen) atoms. The summed E-state index contributed by atoms with van der Waals surface area (Å²) in [6, 6.07) is 13.7. The minimum atomic E-state index is -0.468. The molecule has 2 aromatic rings. The average molecular weight is 531 g/mol. The van der Waals surface area contributed by atoms with E-state index in [2.05, 4.69) is 15.9 Å². The predicted molar refractivity (Wildman–Crippen MR) is 133 cm³/mol. The van der Waals surface area contributed by atoms with Gasteiger partial charge in [-0.05, 0) is 68.0 Å². The standard InChI is InChI=1S/C27H32BrFN2O3/c28-24-8-3-2-7-21(24)17-25(32)31-16-6-13-27(19-31,18-26(33)30-14-4-1-5-15-30)20-34-23-11-9-22(29)10-12-23/h2-3,7-12H,1,4-6,13-20H2/t27-/m1/s1. The van der Waals surface area contributed by atoms with Gasteiger partial charge in [0.25, 0.3) is 0 Å². The predicted octanol–water partition coefficient (Wildman–Crippen LogP) is 5.22. The smallest absolute Gasteiger partial charge is 0.227 e. The molecule has 4 rings (SSSR count). The third kappa shape index (κ3) is 6.38. The van der Waals surface area contributed by atoms with E-state index in [1.54, 1.807) is 12.1 Å². The first-order valence-corrected chi connectivity index (χ1v) is 12.9. The lowest BCUT2D eigenvalue weighted by Crippen LogP contribution is -2.51. The second kappa shape index (κ2) is 11.3. The SMILES string of the molecule is O=C(C[C@]1(COc2ccc(F)cc2)CCCN(C(=O)Cc2ccccc2Br)C1)N1CCCCC1. The molecule has 7 heteroatoms. The van der Waals surface area contributed by atoms with Gasteiger partial charge >= 0.3 is 0 Å². The van der Waals surface area contributed by atoms with Gasteiger partial charge in [0, 0.05) is 42.5 Å². The fraction of sp³-hybridized carbons (Fsp3) is 0.481. The highest BCUT2D eigenvalue weighted by molar-refractivity contribution is 9.10. The van der Waals surface area contributed by atoms with Crippen molar-refractivity contribution in [3.05, 3.63) is 64.4 Å². The number of likely N-dealkylation sites (tertiary alicyclic amines) is 2. The molecule has 0 radical (unpaired) electrons. The molecule has 2 aromatic carbocycles. The van der Waals surface area contributed by atoms with Crippen molar-refractivity contribution >= 4 is 27.7 Å². The van der Waals surface area contributed by atoms with E-state index in [0.29, 0.717) is 38.3 Å². The maximum atomic E-state index is 13.3. The molecule has 2 saturated heterocycles. The fourth-order valence-electron chi connectivity index (χ4n) is 4.99. The maximum absolute atomic E-state index is 13.3. The summed E-state index contributed by atoms with van der Waals surface area (Å²) in [5, 5.41) is 0. The lowest BCUT2D eigenvalue weighted by Gasteiger charge is -2.43. The minimum Gasteiger partial charge on any atom is -0.493 e. The summed E-state index contributed by atoms with van der Waals surface area (Å²) in [4.78, 5) is 30.3. The summed E-state index contributed by atoms with van der Waals surface area (Å²) in [5.74, 6) is 0.456. The topological polar surface area (TPSA) is 49.9 Å². The van der Waals surface area contributed by atoms with Crippen molar-refractivity contribution in [2.24, 2.45) is 5.41 Å².